The van der Waals surface area contributed by atoms with E-state index in [2.05, 4.69) is 20.9 Å². The van der Waals surface area contributed by atoms with Crippen LogP contribution >= 0.6 is 11.3 Å². The average molecular weight is 817 g/mol. The molecule has 3 fully saturated rings. The van der Waals surface area contributed by atoms with Crippen LogP contribution in [-0.4, -0.2) is 93.2 Å². The van der Waals surface area contributed by atoms with Crippen LogP contribution in [0, 0.1) is 18.8 Å². The van der Waals surface area contributed by atoms with Gasteiger partial charge in [0.2, 0.25) is 17.7 Å². The normalized spacial score (nSPS) is 25.8. The maximum Gasteiger partial charge on any atom is 0.408 e. The Bertz CT molecular complexity index is 2100. The minimum atomic E-state index is -1.47. The van der Waals surface area contributed by atoms with E-state index in [-0.39, 0.29) is 43.2 Å². The summed E-state index contributed by atoms with van der Waals surface area (Å²) in [6.45, 7) is 5.47. The molecule has 0 spiro atoms. The first kappa shape index (κ1) is 40.9. The second-order valence-corrected chi connectivity index (χ2v) is 17.0. The monoisotopic (exact) mass is 816 g/mol. The number of aryl methyl sites for hydroxylation is 1. The number of nitrogens with one attached hydrogen (secondary N) is 3. The number of ether oxygens (including phenoxy) is 3. The molecule has 2 aromatic heterocycles. The highest BCUT2D eigenvalue weighted by molar-refractivity contribution is 7.14. The van der Waals surface area contributed by atoms with Crippen molar-refractivity contribution in [3.05, 3.63) is 41.3 Å². The molecule has 0 bridgehead atoms. The minimum absolute atomic E-state index is 0.00740. The minimum Gasteiger partial charge on any atom is -0.496 e. The number of carboxylic acid groups (broad SMARTS) is 1. The standard InChI is InChI=1S/C42H52N6O9S/c1-23(2)36(49)46-40-44-31(22-58-40)30-19-34(28-16-17-33(55-4)24(3)35(28)43-30)56-27-18-32-37(50)47-42(39(52)53)20-25(42)12-8-6-5-7-9-15-29(38(51)48(32)21-27)45-41(54)57-26-13-10-11-14-26/h8,12,16-17,19,22-23,25-27,29,32H,5-7,9-11,13-15,18,20-21H2,1-4H3,(H,45,54)(H,47,50)(H,52,53)(H,44,46,49)/b12-8-/t25-,27+,29+,32-,42+/m0/s1. The van der Waals surface area contributed by atoms with Gasteiger partial charge < -0.3 is 40.2 Å². The Morgan fingerprint density at radius 1 is 1.02 bits per heavy atom. The number of carbonyl (C=O) groups is 5. The third-order valence-corrected chi connectivity index (χ3v) is 12.4. The summed E-state index contributed by atoms with van der Waals surface area (Å²) in [5.41, 5.74) is 0.864. The number of hydrogen-bond donors (Lipinski definition) is 4. The Balaban J connectivity index is 1.21. The van der Waals surface area contributed by atoms with Gasteiger partial charge in [-0.3, -0.25) is 14.4 Å². The number of benzene rings is 1. The van der Waals surface area contributed by atoms with Gasteiger partial charge in [0.15, 0.2) is 5.13 Å². The molecule has 3 aromatic rings. The molecular weight excluding hydrogens is 765 g/mol. The number of thiazole rings is 1. The second-order valence-electron chi connectivity index (χ2n) is 16.1. The van der Waals surface area contributed by atoms with Gasteiger partial charge >= 0.3 is 12.1 Å². The van der Waals surface area contributed by atoms with Crippen LogP contribution in [0.25, 0.3) is 22.3 Å². The summed E-state index contributed by atoms with van der Waals surface area (Å²) in [6.07, 6.45) is 9.39. The van der Waals surface area contributed by atoms with Gasteiger partial charge in [-0.2, -0.15) is 0 Å². The summed E-state index contributed by atoms with van der Waals surface area (Å²) in [5, 5.41) is 21.6. The third kappa shape index (κ3) is 8.76. The molecule has 2 aliphatic heterocycles. The van der Waals surface area contributed by atoms with Crippen molar-refractivity contribution in [2.24, 2.45) is 11.8 Å². The number of carbonyl (C=O) groups excluding carboxylic acids is 4. The fourth-order valence-corrected chi connectivity index (χ4v) is 8.90. The number of carboxylic acids is 1. The quantitative estimate of drug-likeness (QED) is 0.181. The highest BCUT2D eigenvalue weighted by atomic mass is 32.1. The molecule has 4 aliphatic rings. The number of alkyl carbamates (subject to hydrolysis) is 1. The first-order valence-electron chi connectivity index (χ1n) is 20.3. The second kappa shape index (κ2) is 17.3. The van der Waals surface area contributed by atoms with Crippen LogP contribution in [0.1, 0.15) is 90.0 Å². The van der Waals surface area contributed by atoms with Crippen molar-refractivity contribution < 1.29 is 43.3 Å². The van der Waals surface area contributed by atoms with Crippen LogP contribution in [-0.2, 0) is 23.9 Å². The largest absolute Gasteiger partial charge is 0.496 e. The van der Waals surface area contributed by atoms with Crippen LogP contribution in [0.2, 0.25) is 0 Å². The van der Waals surface area contributed by atoms with E-state index in [1.54, 1.807) is 32.4 Å². The number of methoxy groups -OCH3 is 1. The maximum absolute atomic E-state index is 14.6. The lowest BCUT2D eigenvalue weighted by atomic mass is 10.0. The number of anilines is 1. The van der Waals surface area contributed by atoms with Gasteiger partial charge in [0.05, 0.1) is 24.9 Å². The Morgan fingerprint density at radius 3 is 2.53 bits per heavy atom. The van der Waals surface area contributed by atoms with E-state index in [1.165, 1.54) is 16.2 Å². The molecule has 310 valence electrons. The van der Waals surface area contributed by atoms with E-state index >= 15 is 0 Å². The van der Waals surface area contributed by atoms with E-state index in [9.17, 15) is 29.1 Å². The van der Waals surface area contributed by atoms with Crippen molar-refractivity contribution in [2.45, 2.75) is 121 Å². The zero-order valence-electron chi connectivity index (χ0n) is 33.4. The Hall–Kier alpha value is -5.25. The van der Waals surface area contributed by atoms with Crippen LogP contribution in [0.4, 0.5) is 9.93 Å². The molecule has 16 heteroatoms. The first-order valence-corrected chi connectivity index (χ1v) is 21.2. The smallest absolute Gasteiger partial charge is 0.408 e. The topological polar surface area (TPSA) is 198 Å². The fraction of sp³-hybridized carbons (Fsp3) is 0.548. The lowest BCUT2D eigenvalue weighted by Crippen LogP contribution is -2.56. The van der Waals surface area contributed by atoms with Gasteiger partial charge in [0, 0.05) is 40.7 Å². The lowest BCUT2D eigenvalue weighted by molar-refractivity contribution is -0.145. The summed E-state index contributed by atoms with van der Waals surface area (Å²) in [4.78, 5) is 78.0. The fourth-order valence-electron chi connectivity index (χ4n) is 8.19. The predicted octanol–water partition coefficient (Wildman–Crippen LogP) is 6.14. The molecule has 5 atom stereocenters. The van der Waals surface area contributed by atoms with E-state index in [0.717, 1.165) is 50.5 Å². The molecule has 7 rings (SSSR count). The molecule has 1 saturated heterocycles. The zero-order chi connectivity index (χ0) is 41.1. The number of nitrogens with zero attached hydrogens (tertiary/aromatic N) is 3. The molecule has 0 unspecified atom stereocenters. The van der Waals surface area contributed by atoms with E-state index in [0.29, 0.717) is 51.8 Å². The van der Waals surface area contributed by atoms with Crippen molar-refractivity contribution >= 4 is 57.2 Å². The molecule has 4 N–H and O–H groups in total. The molecule has 4 amide bonds. The number of rotatable bonds is 9. The molecule has 58 heavy (non-hydrogen) atoms. The van der Waals surface area contributed by atoms with Crippen LogP contribution < -0.4 is 25.4 Å². The zero-order valence-corrected chi connectivity index (χ0v) is 34.2. The van der Waals surface area contributed by atoms with Crippen molar-refractivity contribution in [2.75, 3.05) is 19.0 Å². The SMILES string of the molecule is COc1ccc2c(O[C@@H]3C[C@H]4C(=O)N[C@]5(C(=O)O)C[C@@H]5/C=C\CCCCC[C@@H](NC(=O)OC5CCCC5)C(=O)N4C3)cc(-c3csc(NC(=O)C(C)C)n3)nc2c1C. The third-order valence-electron chi connectivity index (χ3n) is 11.7. The van der Waals surface area contributed by atoms with Gasteiger partial charge in [-0.1, -0.05) is 38.8 Å². The van der Waals surface area contributed by atoms with E-state index in [4.69, 9.17) is 19.2 Å². The molecule has 15 nitrogen and oxygen atoms in total. The van der Waals surface area contributed by atoms with Crippen molar-refractivity contribution in [3.63, 3.8) is 0 Å². The summed E-state index contributed by atoms with van der Waals surface area (Å²) >= 11 is 1.27. The average Bonchev–Trinajstić information content (AvgIpc) is 3.62. The summed E-state index contributed by atoms with van der Waals surface area (Å²) < 4.78 is 18.0. The molecule has 0 radical (unpaired) electrons. The number of fused-ring (bicyclic) bond motifs is 3. The lowest BCUT2D eigenvalue weighted by Gasteiger charge is -2.29. The Labute approximate surface area is 341 Å². The summed E-state index contributed by atoms with van der Waals surface area (Å²) in [7, 11) is 1.58. The molecule has 1 aromatic carbocycles. The highest BCUT2D eigenvalue weighted by Gasteiger charge is 2.61. The summed E-state index contributed by atoms with van der Waals surface area (Å²) in [5.74, 6) is -1.91. The Morgan fingerprint density at radius 2 is 1.79 bits per heavy atom. The van der Waals surface area contributed by atoms with Crippen LogP contribution in [0.3, 0.4) is 0 Å². The van der Waals surface area contributed by atoms with Gasteiger partial charge in [-0.05, 0) is 70.4 Å². The number of aromatic nitrogens is 2. The maximum atomic E-state index is 14.6. The molecule has 2 saturated carbocycles. The van der Waals surface area contributed by atoms with Crippen molar-refractivity contribution in [1.29, 1.82) is 0 Å². The van der Waals surface area contributed by atoms with Gasteiger partial charge in [-0.25, -0.2) is 19.6 Å². The summed E-state index contributed by atoms with van der Waals surface area (Å²) in [6, 6.07) is 3.35. The van der Waals surface area contributed by atoms with Gasteiger partial charge in [0.1, 0.15) is 47.0 Å². The van der Waals surface area contributed by atoms with Crippen LogP contribution in [0.5, 0.6) is 11.5 Å². The van der Waals surface area contributed by atoms with Crippen molar-refractivity contribution in [3.8, 4) is 22.9 Å². The first-order chi connectivity index (χ1) is 27.9. The highest BCUT2D eigenvalue weighted by Crippen LogP contribution is 2.46. The van der Waals surface area contributed by atoms with Crippen molar-refractivity contribution in [1.82, 2.24) is 25.5 Å². The predicted molar refractivity (Wildman–Crippen MR) is 217 cm³/mol. The number of hydrogen-bond acceptors (Lipinski definition) is 11. The number of amides is 4. The number of allylic oxidation sites excluding steroid dienone is 1. The van der Waals surface area contributed by atoms with E-state index in [1.807, 2.05) is 31.2 Å². The molecular formula is C42H52N6O9S. The van der Waals surface area contributed by atoms with Crippen LogP contribution in [0.15, 0.2) is 35.7 Å². The Kier molecular flexibility index (Phi) is 12.2. The molecule has 4 heterocycles. The van der Waals surface area contributed by atoms with E-state index < -0.39 is 47.6 Å². The van der Waals surface area contributed by atoms with Gasteiger partial charge in [0.25, 0.3) is 0 Å². The number of pyridine rings is 1. The molecule has 2 aliphatic carbocycles. The van der Waals surface area contributed by atoms with Gasteiger partial charge in [-0.15, -0.1) is 11.3 Å². The number of aliphatic carboxylic acids is 1.